The second kappa shape index (κ2) is 9.86. The van der Waals surface area contributed by atoms with E-state index in [1.165, 1.54) is 0 Å². The van der Waals surface area contributed by atoms with Gasteiger partial charge in [0.25, 0.3) is 10.0 Å². The summed E-state index contributed by atoms with van der Waals surface area (Å²) in [6.45, 7) is 1.89. The fourth-order valence-corrected chi connectivity index (χ4v) is 4.82. The maximum atomic E-state index is 13.1. The Morgan fingerprint density at radius 3 is 2.12 bits per heavy atom. The average Bonchev–Trinajstić information content (AvgIpc) is 2.84. The monoisotopic (exact) mass is 531 g/mol. The molecule has 0 aliphatic rings. The Kier molecular flexibility index (Phi) is 6.90. The van der Waals surface area contributed by atoms with Crippen LogP contribution in [0.15, 0.2) is 112 Å². The fraction of sp³-hybridized carbons (Fsp3) is 0.0714. The van der Waals surface area contributed by atoms with Gasteiger partial charge >= 0.3 is 0 Å². The van der Waals surface area contributed by atoms with E-state index < -0.39 is 15.6 Å². The van der Waals surface area contributed by atoms with Gasteiger partial charge in [-0.1, -0.05) is 94.0 Å². The van der Waals surface area contributed by atoms with E-state index in [0.29, 0.717) is 11.1 Å². The first-order valence-corrected chi connectivity index (χ1v) is 12.8. The van der Waals surface area contributed by atoms with E-state index in [2.05, 4.69) is 32.5 Å². The summed E-state index contributed by atoms with van der Waals surface area (Å²) in [5, 5.41) is 12.0. The van der Waals surface area contributed by atoms with Gasteiger partial charge in [-0.2, -0.15) is 0 Å². The zero-order valence-corrected chi connectivity index (χ0v) is 20.8. The van der Waals surface area contributed by atoms with E-state index in [4.69, 9.17) is 0 Å². The second-order valence-corrected chi connectivity index (χ2v) is 10.4. The first-order chi connectivity index (χ1) is 16.3. The average molecular weight is 532 g/mol. The summed E-state index contributed by atoms with van der Waals surface area (Å²) in [7, 11) is -3.89. The van der Waals surface area contributed by atoms with Gasteiger partial charge in [0, 0.05) is 21.2 Å². The van der Waals surface area contributed by atoms with Gasteiger partial charge in [-0.05, 0) is 49.4 Å². The van der Waals surface area contributed by atoms with Crippen LogP contribution in [0.2, 0.25) is 0 Å². The van der Waals surface area contributed by atoms with Gasteiger partial charge in [-0.25, -0.2) is 8.42 Å². The van der Waals surface area contributed by atoms with E-state index in [9.17, 15) is 13.5 Å². The van der Waals surface area contributed by atoms with E-state index >= 15 is 0 Å². The molecule has 4 rings (SSSR count). The molecule has 0 radical (unpaired) electrons. The third-order valence-electron chi connectivity index (χ3n) is 5.32. The number of benzene rings is 4. The van der Waals surface area contributed by atoms with Crippen LogP contribution in [0.25, 0.3) is 0 Å². The van der Waals surface area contributed by atoms with Crippen molar-refractivity contribution in [3.05, 3.63) is 130 Å². The number of hydrogen-bond acceptors (Lipinski definition) is 3. The van der Waals surface area contributed by atoms with E-state index in [0.717, 1.165) is 15.6 Å². The Bertz CT molecular complexity index is 1460. The molecule has 6 heteroatoms. The lowest BCUT2D eigenvalue weighted by Gasteiger charge is -2.26. The maximum Gasteiger partial charge on any atom is 0.261 e. The highest BCUT2D eigenvalue weighted by atomic mass is 79.9. The minimum atomic E-state index is -3.89. The lowest BCUT2D eigenvalue weighted by molar-refractivity contribution is 0.146. The van der Waals surface area contributed by atoms with Crippen molar-refractivity contribution in [2.45, 2.75) is 17.4 Å². The van der Waals surface area contributed by atoms with E-state index in [-0.39, 0.29) is 10.6 Å². The predicted octanol–water partition coefficient (Wildman–Crippen LogP) is 5.85. The fourth-order valence-electron chi connectivity index (χ4n) is 3.48. The highest BCUT2D eigenvalue weighted by Crippen LogP contribution is 2.36. The van der Waals surface area contributed by atoms with Gasteiger partial charge in [0.1, 0.15) is 0 Å². The molecule has 4 nitrogen and oxygen atoms in total. The summed E-state index contributed by atoms with van der Waals surface area (Å²) in [4.78, 5) is 0.135. The zero-order valence-electron chi connectivity index (χ0n) is 18.4. The van der Waals surface area contributed by atoms with Crippen LogP contribution in [0.5, 0.6) is 0 Å². The molecule has 0 bridgehead atoms. The standard InChI is InChI=1S/C28H22BrNO3S/c1-21-11-17-25(18-12-21)34(32,33)30-27-10-6-5-9-26(27)28(31,23-13-15-24(29)16-14-23)20-19-22-7-3-2-4-8-22/h2-18,30-31H,1H3. The number of rotatable bonds is 5. The molecule has 0 fully saturated rings. The normalized spacial score (nSPS) is 12.8. The summed E-state index contributed by atoms with van der Waals surface area (Å²) in [5.74, 6) is 6.03. The Labute approximate surface area is 208 Å². The first-order valence-electron chi connectivity index (χ1n) is 10.5. The number of anilines is 1. The molecule has 0 aromatic heterocycles. The molecule has 2 N–H and O–H groups in total. The molecule has 1 atom stereocenters. The van der Waals surface area contributed by atoms with Crippen molar-refractivity contribution >= 4 is 31.6 Å². The molecular weight excluding hydrogens is 510 g/mol. The number of aryl methyl sites for hydroxylation is 1. The van der Waals surface area contributed by atoms with E-state index in [1.807, 2.05) is 49.4 Å². The van der Waals surface area contributed by atoms with Crippen LogP contribution < -0.4 is 4.72 Å². The van der Waals surface area contributed by atoms with Gasteiger partial charge in [0.2, 0.25) is 0 Å². The Balaban J connectivity index is 1.84. The summed E-state index contributed by atoms with van der Waals surface area (Å²) in [6.07, 6.45) is 0. The number of hydrogen-bond donors (Lipinski definition) is 2. The van der Waals surface area contributed by atoms with Crippen LogP contribution in [0.1, 0.15) is 22.3 Å². The van der Waals surface area contributed by atoms with Crippen molar-refractivity contribution in [3.8, 4) is 11.8 Å². The van der Waals surface area contributed by atoms with Gasteiger partial charge in [-0.15, -0.1) is 0 Å². The summed E-state index contributed by atoms with van der Waals surface area (Å²) < 4.78 is 29.7. The summed E-state index contributed by atoms with van der Waals surface area (Å²) in [6, 6.07) is 29.8. The minimum absolute atomic E-state index is 0.135. The van der Waals surface area contributed by atoms with Crippen molar-refractivity contribution in [1.82, 2.24) is 0 Å². The van der Waals surface area contributed by atoms with Crippen LogP contribution in [-0.4, -0.2) is 13.5 Å². The third kappa shape index (κ3) is 5.23. The topological polar surface area (TPSA) is 66.4 Å². The number of aliphatic hydroxyl groups is 1. The van der Waals surface area contributed by atoms with Crippen molar-refractivity contribution < 1.29 is 13.5 Å². The zero-order chi connectivity index (χ0) is 24.2. The van der Waals surface area contributed by atoms with Crippen LogP contribution >= 0.6 is 15.9 Å². The minimum Gasteiger partial charge on any atom is -0.369 e. The lowest BCUT2D eigenvalue weighted by Crippen LogP contribution is -2.27. The van der Waals surface area contributed by atoms with Crippen molar-refractivity contribution in [1.29, 1.82) is 0 Å². The molecule has 0 amide bonds. The van der Waals surface area contributed by atoms with Gasteiger partial charge in [0.05, 0.1) is 10.6 Å². The first kappa shape index (κ1) is 23.8. The van der Waals surface area contributed by atoms with Gasteiger partial charge < -0.3 is 5.11 Å². The molecular formula is C28H22BrNO3S. The van der Waals surface area contributed by atoms with Crippen molar-refractivity contribution in [3.63, 3.8) is 0 Å². The molecule has 0 heterocycles. The molecule has 0 aliphatic heterocycles. The molecule has 4 aromatic carbocycles. The molecule has 0 spiro atoms. The van der Waals surface area contributed by atoms with Crippen molar-refractivity contribution in [2.75, 3.05) is 4.72 Å². The second-order valence-electron chi connectivity index (χ2n) is 7.80. The third-order valence-corrected chi connectivity index (χ3v) is 7.23. The van der Waals surface area contributed by atoms with Crippen LogP contribution in [0.3, 0.4) is 0 Å². The number of nitrogens with one attached hydrogen (secondary N) is 1. The molecule has 34 heavy (non-hydrogen) atoms. The number of para-hydroxylation sites is 1. The van der Waals surface area contributed by atoms with Crippen molar-refractivity contribution in [2.24, 2.45) is 0 Å². The summed E-state index contributed by atoms with van der Waals surface area (Å²) in [5.41, 5.74) is 1.01. The highest BCUT2D eigenvalue weighted by molar-refractivity contribution is 9.10. The van der Waals surface area contributed by atoms with Crippen LogP contribution in [-0.2, 0) is 15.6 Å². The van der Waals surface area contributed by atoms with Gasteiger partial charge in [0.15, 0.2) is 5.60 Å². The lowest BCUT2D eigenvalue weighted by atomic mass is 9.85. The largest absolute Gasteiger partial charge is 0.369 e. The highest BCUT2D eigenvalue weighted by Gasteiger charge is 2.33. The predicted molar refractivity (Wildman–Crippen MR) is 139 cm³/mol. The van der Waals surface area contributed by atoms with Gasteiger partial charge in [-0.3, -0.25) is 4.72 Å². The molecule has 4 aromatic rings. The quantitative estimate of drug-likeness (QED) is 0.317. The Hall–Kier alpha value is -3.37. The SMILES string of the molecule is Cc1ccc(S(=O)(=O)Nc2ccccc2C(O)(C#Cc2ccccc2)c2ccc(Br)cc2)cc1. The number of halogens is 1. The molecule has 0 saturated carbocycles. The van der Waals surface area contributed by atoms with Crippen LogP contribution in [0, 0.1) is 18.8 Å². The molecule has 1 unspecified atom stereocenters. The molecule has 0 aliphatic carbocycles. The molecule has 0 saturated heterocycles. The smallest absolute Gasteiger partial charge is 0.261 e. The van der Waals surface area contributed by atoms with E-state index in [1.54, 1.807) is 60.7 Å². The number of sulfonamides is 1. The Morgan fingerprint density at radius 2 is 1.44 bits per heavy atom. The summed E-state index contributed by atoms with van der Waals surface area (Å²) >= 11 is 3.42. The Morgan fingerprint density at radius 1 is 0.824 bits per heavy atom. The van der Waals surface area contributed by atoms with Crippen LogP contribution in [0.4, 0.5) is 5.69 Å². The maximum absolute atomic E-state index is 13.1. The molecule has 170 valence electrons.